The number of rotatable bonds is 6. The summed E-state index contributed by atoms with van der Waals surface area (Å²) >= 11 is 0. The summed E-state index contributed by atoms with van der Waals surface area (Å²) < 4.78 is 12.7. The number of oxazole rings is 1. The molecule has 130 valence electrons. The van der Waals surface area contributed by atoms with Crippen molar-refractivity contribution in [3.8, 4) is 17.0 Å². The maximum Gasteiger partial charge on any atom is 0.325 e. The smallest absolute Gasteiger partial charge is 0.325 e. The Morgan fingerprint density at radius 3 is 2.58 bits per heavy atom. The van der Waals surface area contributed by atoms with E-state index in [9.17, 15) is 4.79 Å². The van der Waals surface area contributed by atoms with Gasteiger partial charge in [-0.3, -0.25) is 4.79 Å². The minimum absolute atomic E-state index is 0.173. The number of ether oxygens (including phenoxy) is 1. The zero-order valence-electron chi connectivity index (χ0n) is 13.8. The van der Waals surface area contributed by atoms with Crippen molar-refractivity contribution in [2.45, 2.75) is 0 Å². The fourth-order valence-corrected chi connectivity index (χ4v) is 2.62. The van der Waals surface area contributed by atoms with Gasteiger partial charge in [0.1, 0.15) is 24.4 Å². The Morgan fingerprint density at radius 2 is 1.81 bits per heavy atom. The fraction of sp³-hybridized carbons (Fsp3) is 0.105. The Labute approximate surface area is 149 Å². The lowest BCUT2D eigenvalue weighted by molar-refractivity contribution is 0.0922. The lowest BCUT2D eigenvalue weighted by Gasteiger charge is -2.07. The maximum absolute atomic E-state index is 12.6. The molecule has 1 amide bonds. The highest BCUT2D eigenvalue weighted by atomic mass is 16.5. The van der Waals surface area contributed by atoms with E-state index in [1.54, 1.807) is 0 Å². The summed E-state index contributed by atoms with van der Waals surface area (Å²) in [5.74, 6) is 0.862. The molecule has 2 aromatic carbocycles. The van der Waals surface area contributed by atoms with Crippen LogP contribution in [0, 0.1) is 0 Å². The first-order valence-corrected chi connectivity index (χ1v) is 8.17. The maximum atomic E-state index is 12.6. The summed E-state index contributed by atoms with van der Waals surface area (Å²) in [6, 6.07) is 18.9. The molecule has 4 aromatic rings. The molecule has 0 saturated heterocycles. The third kappa shape index (κ3) is 3.14. The van der Waals surface area contributed by atoms with Gasteiger partial charge in [0, 0.05) is 5.56 Å². The monoisotopic (exact) mass is 348 g/mol. The van der Waals surface area contributed by atoms with Crippen LogP contribution in [0.1, 0.15) is 10.6 Å². The quantitative estimate of drug-likeness (QED) is 0.542. The molecule has 0 aliphatic rings. The lowest BCUT2D eigenvalue weighted by atomic mass is 10.1. The average Bonchev–Trinajstić information content (AvgIpc) is 3.28. The van der Waals surface area contributed by atoms with Gasteiger partial charge in [-0.05, 0) is 12.1 Å². The molecule has 0 bridgehead atoms. The molecular formula is C19H16N4O3. The Balaban J connectivity index is 1.49. The number of para-hydroxylation sites is 1. The predicted molar refractivity (Wildman–Crippen MR) is 95.0 cm³/mol. The molecule has 0 atom stereocenters. The number of fused-ring (bicyclic) bond motifs is 1. The molecule has 0 spiro atoms. The number of nitrogens with one attached hydrogen (secondary N) is 1. The Bertz CT molecular complexity index is 1010. The number of carbonyl (C=O) groups is 1. The zero-order chi connectivity index (χ0) is 17.8. The summed E-state index contributed by atoms with van der Waals surface area (Å²) in [5, 5.41) is 6.94. The van der Waals surface area contributed by atoms with Crippen LogP contribution in [0.3, 0.4) is 0 Å². The lowest BCUT2D eigenvalue weighted by Crippen LogP contribution is -2.28. The van der Waals surface area contributed by atoms with Gasteiger partial charge in [0.2, 0.25) is 5.76 Å². The third-order valence-corrected chi connectivity index (χ3v) is 3.79. The van der Waals surface area contributed by atoms with E-state index >= 15 is 0 Å². The molecule has 7 nitrogen and oxygen atoms in total. The molecule has 4 rings (SSSR count). The van der Waals surface area contributed by atoms with E-state index in [1.807, 2.05) is 60.7 Å². The first-order chi connectivity index (χ1) is 12.8. The van der Waals surface area contributed by atoms with Crippen LogP contribution in [0.15, 0.2) is 71.4 Å². The highest BCUT2D eigenvalue weighted by Gasteiger charge is 2.23. The highest BCUT2D eigenvalue weighted by Crippen LogP contribution is 2.26. The molecule has 0 radical (unpaired) electrons. The van der Waals surface area contributed by atoms with Crippen molar-refractivity contribution >= 4 is 11.8 Å². The molecule has 2 heterocycles. The first-order valence-electron chi connectivity index (χ1n) is 8.17. The summed E-state index contributed by atoms with van der Waals surface area (Å²) in [6.45, 7) is 0.699. The van der Waals surface area contributed by atoms with Gasteiger partial charge in [-0.25, -0.2) is 0 Å². The Morgan fingerprint density at radius 1 is 1.08 bits per heavy atom. The normalized spacial score (nSPS) is 10.8. The second kappa shape index (κ2) is 7.10. The average molecular weight is 348 g/mol. The van der Waals surface area contributed by atoms with Crippen LogP contribution in [-0.4, -0.2) is 33.7 Å². The topological polar surface area (TPSA) is 81.7 Å². The summed E-state index contributed by atoms with van der Waals surface area (Å²) in [6.07, 6.45) is 1.39. The minimum atomic E-state index is -0.340. The van der Waals surface area contributed by atoms with E-state index in [0.717, 1.165) is 11.3 Å². The molecule has 0 saturated carbocycles. The Kier molecular flexibility index (Phi) is 4.34. The van der Waals surface area contributed by atoms with Crippen LogP contribution >= 0.6 is 0 Å². The largest absolute Gasteiger partial charge is 0.492 e. The van der Waals surface area contributed by atoms with E-state index in [4.69, 9.17) is 9.15 Å². The summed E-state index contributed by atoms with van der Waals surface area (Å²) in [5.41, 5.74) is 1.39. The van der Waals surface area contributed by atoms with Gasteiger partial charge in [0.15, 0.2) is 0 Å². The Hall–Kier alpha value is -3.61. The van der Waals surface area contributed by atoms with E-state index in [2.05, 4.69) is 15.4 Å². The van der Waals surface area contributed by atoms with Gasteiger partial charge in [0.05, 0.1) is 6.54 Å². The van der Waals surface area contributed by atoms with Crippen LogP contribution in [0.25, 0.3) is 17.1 Å². The van der Waals surface area contributed by atoms with Crippen LogP contribution in [0.5, 0.6) is 5.75 Å². The van der Waals surface area contributed by atoms with Gasteiger partial charge in [0.25, 0.3) is 5.91 Å². The molecule has 0 aliphatic carbocycles. The molecule has 2 aromatic heterocycles. The second-order valence-corrected chi connectivity index (χ2v) is 5.52. The number of aromatic nitrogens is 3. The van der Waals surface area contributed by atoms with Crippen molar-refractivity contribution in [1.82, 2.24) is 19.9 Å². The summed E-state index contributed by atoms with van der Waals surface area (Å²) in [7, 11) is 0. The minimum Gasteiger partial charge on any atom is -0.492 e. The van der Waals surface area contributed by atoms with Crippen LogP contribution in [-0.2, 0) is 0 Å². The second-order valence-electron chi connectivity index (χ2n) is 5.52. The number of hydrogen-bond acceptors (Lipinski definition) is 5. The number of hydrogen-bond donors (Lipinski definition) is 1. The van der Waals surface area contributed by atoms with Gasteiger partial charge in [-0.15, -0.1) is 0 Å². The molecule has 0 aliphatic heterocycles. The van der Waals surface area contributed by atoms with E-state index in [0.29, 0.717) is 18.8 Å². The standard InChI is InChI=1S/C19H16N4O3/c24-18(20-11-12-25-15-9-5-2-6-10-15)17-16(14-7-3-1-4-8-14)23-19(26-17)21-13-22-23/h1-10,13H,11-12H2,(H,20,24). The molecular weight excluding hydrogens is 332 g/mol. The van der Waals surface area contributed by atoms with Crippen molar-refractivity contribution in [3.63, 3.8) is 0 Å². The van der Waals surface area contributed by atoms with Crippen molar-refractivity contribution in [2.75, 3.05) is 13.2 Å². The first kappa shape index (κ1) is 15.9. The van der Waals surface area contributed by atoms with Gasteiger partial charge in [-0.1, -0.05) is 48.5 Å². The van der Waals surface area contributed by atoms with E-state index in [-0.39, 0.29) is 17.5 Å². The van der Waals surface area contributed by atoms with E-state index < -0.39 is 0 Å². The van der Waals surface area contributed by atoms with Crippen molar-refractivity contribution in [2.24, 2.45) is 0 Å². The summed E-state index contributed by atoms with van der Waals surface area (Å²) in [4.78, 5) is 16.6. The van der Waals surface area contributed by atoms with Crippen LogP contribution < -0.4 is 10.1 Å². The van der Waals surface area contributed by atoms with Crippen molar-refractivity contribution in [1.29, 1.82) is 0 Å². The predicted octanol–water partition coefficient (Wildman–Crippen LogP) is 2.80. The van der Waals surface area contributed by atoms with Gasteiger partial charge in [-0.2, -0.15) is 14.6 Å². The number of carbonyl (C=O) groups excluding carboxylic acids is 1. The number of amides is 1. The van der Waals surface area contributed by atoms with Crippen molar-refractivity contribution in [3.05, 3.63) is 72.8 Å². The number of benzene rings is 2. The molecule has 1 N–H and O–H groups in total. The van der Waals surface area contributed by atoms with Crippen LogP contribution in [0.4, 0.5) is 0 Å². The van der Waals surface area contributed by atoms with E-state index in [1.165, 1.54) is 10.8 Å². The fourth-order valence-electron chi connectivity index (χ4n) is 2.62. The van der Waals surface area contributed by atoms with Crippen molar-refractivity contribution < 1.29 is 13.9 Å². The van der Waals surface area contributed by atoms with Crippen LogP contribution in [0.2, 0.25) is 0 Å². The molecule has 0 unspecified atom stereocenters. The molecule has 0 fully saturated rings. The third-order valence-electron chi connectivity index (χ3n) is 3.79. The SMILES string of the molecule is O=C(NCCOc1ccccc1)c1oc2ncnn2c1-c1ccccc1. The highest BCUT2D eigenvalue weighted by molar-refractivity contribution is 5.97. The molecule has 26 heavy (non-hydrogen) atoms. The molecule has 7 heteroatoms. The zero-order valence-corrected chi connectivity index (χ0v) is 13.8. The van der Waals surface area contributed by atoms with Gasteiger partial charge < -0.3 is 14.5 Å². The van der Waals surface area contributed by atoms with Gasteiger partial charge >= 0.3 is 5.84 Å². The number of nitrogens with zero attached hydrogens (tertiary/aromatic N) is 3.